The molecule has 0 amide bonds. The molecule has 0 aromatic heterocycles. The van der Waals surface area contributed by atoms with E-state index in [9.17, 15) is 13.5 Å². The van der Waals surface area contributed by atoms with E-state index in [0.29, 0.717) is 0 Å². The second-order valence-electron chi connectivity index (χ2n) is 3.21. The molecule has 1 unspecified atom stereocenters. The van der Waals surface area contributed by atoms with Crippen molar-refractivity contribution in [1.82, 2.24) is 0 Å². The summed E-state index contributed by atoms with van der Waals surface area (Å²) < 4.78 is 30.8. The van der Waals surface area contributed by atoms with Gasteiger partial charge in [-0.3, -0.25) is 4.55 Å². The molecule has 0 bridgehead atoms. The standard InChI is InChI=1S/C9H12O5S/c1-6-2-3-9(15(12,13)14)7(4-6)8(11)5-10/h2-4,8,10-11H,5H2,1H3,(H,12,13,14). The number of aliphatic hydroxyl groups excluding tert-OH is 2. The van der Waals surface area contributed by atoms with Gasteiger partial charge in [0, 0.05) is 5.56 Å². The summed E-state index contributed by atoms with van der Waals surface area (Å²) in [6.07, 6.45) is -1.32. The lowest BCUT2D eigenvalue weighted by molar-refractivity contribution is 0.0933. The Kier molecular flexibility index (Phi) is 3.46. The molecule has 0 spiro atoms. The molecule has 1 atom stereocenters. The smallest absolute Gasteiger partial charge is 0.294 e. The van der Waals surface area contributed by atoms with Crippen molar-refractivity contribution in [2.45, 2.75) is 17.9 Å². The fraction of sp³-hybridized carbons (Fsp3) is 0.333. The molecular formula is C9H12O5S. The van der Waals surface area contributed by atoms with Gasteiger partial charge in [-0.2, -0.15) is 8.42 Å². The minimum Gasteiger partial charge on any atom is -0.393 e. The van der Waals surface area contributed by atoms with Gasteiger partial charge in [-0.15, -0.1) is 0 Å². The first-order chi connectivity index (χ1) is 6.86. The van der Waals surface area contributed by atoms with E-state index in [0.717, 1.165) is 5.56 Å². The first-order valence-electron chi connectivity index (χ1n) is 4.23. The molecule has 3 N–H and O–H groups in total. The zero-order valence-corrected chi connectivity index (χ0v) is 8.90. The van der Waals surface area contributed by atoms with Gasteiger partial charge < -0.3 is 10.2 Å². The first-order valence-corrected chi connectivity index (χ1v) is 5.67. The van der Waals surface area contributed by atoms with Gasteiger partial charge in [0.2, 0.25) is 0 Å². The summed E-state index contributed by atoms with van der Waals surface area (Å²) in [7, 11) is -4.38. The Balaban J connectivity index is 3.40. The van der Waals surface area contributed by atoms with Gasteiger partial charge in [0.1, 0.15) is 6.10 Å². The fourth-order valence-electron chi connectivity index (χ4n) is 1.26. The third-order valence-electron chi connectivity index (χ3n) is 1.98. The summed E-state index contributed by atoms with van der Waals surface area (Å²) in [5.74, 6) is 0. The van der Waals surface area contributed by atoms with Crippen LogP contribution in [-0.2, 0) is 10.1 Å². The third-order valence-corrected chi connectivity index (χ3v) is 2.90. The number of rotatable bonds is 3. The largest absolute Gasteiger partial charge is 0.393 e. The average molecular weight is 232 g/mol. The topological polar surface area (TPSA) is 94.8 Å². The minimum absolute atomic E-state index is 0.000000000000000444. The van der Waals surface area contributed by atoms with Crippen LogP contribution < -0.4 is 0 Å². The van der Waals surface area contributed by atoms with E-state index in [1.54, 1.807) is 6.92 Å². The summed E-state index contributed by atoms with van der Waals surface area (Å²) in [4.78, 5) is -0.380. The predicted octanol–water partition coefficient (Wildman–Crippen LogP) is 0.267. The molecule has 0 aliphatic rings. The van der Waals surface area contributed by atoms with Gasteiger partial charge in [-0.05, 0) is 13.0 Å². The summed E-state index contributed by atoms with van der Waals surface area (Å²) >= 11 is 0. The van der Waals surface area contributed by atoms with Crippen LogP contribution in [0.5, 0.6) is 0 Å². The zero-order valence-electron chi connectivity index (χ0n) is 8.08. The maximum atomic E-state index is 10.9. The maximum Gasteiger partial charge on any atom is 0.294 e. The zero-order chi connectivity index (χ0) is 11.6. The lowest BCUT2D eigenvalue weighted by atomic mass is 10.1. The summed E-state index contributed by atoms with van der Waals surface area (Å²) in [6.45, 7) is 1.10. The minimum atomic E-state index is -4.38. The van der Waals surface area contributed by atoms with Crippen LogP contribution in [0.25, 0.3) is 0 Å². The Labute approximate surface area is 87.7 Å². The molecule has 1 aromatic rings. The molecular weight excluding hydrogens is 220 g/mol. The number of hydrogen-bond acceptors (Lipinski definition) is 4. The summed E-state index contributed by atoms with van der Waals surface area (Å²) in [5.41, 5.74) is 0.727. The molecule has 5 nitrogen and oxygen atoms in total. The Morgan fingerprint density at radius 3 is 2.47 bits per heavy atom. The van der Waals surface area contributed by atoms with Crippen LogP contribution in [0, 0.1) is 6.92 Å². The lowest BCUT2D eigenvalue weighted by Gasteiger charge is -2.12. The predicted molar refractivity (Wildman–Crippen MR) is 53.0 cm³/mol. The van der Waals surface area contributed by atoms with Crippen molar-refractivity contribution < 1.29 is 23.2 Å². The number of benzene rings is 1. The Hall–Kier alpha value is -0.950. The van der Waals surface area contributed by atoms with Gasteiger partial charge in [0.05, 0.1) is 11.5 Å². The van der Waals surface area contributed by atoms with Crippen molar-refractivity contribution in [2.24, 2.45) is 0 Å². The van der Waals surface area contributed by atoms with Crippen molar-refractivity contribution in [3.63, 3.8) is 0 Å². The van der Waals surface area contributed by atoms with Crippen molar-refractivity contribution in [2.75, 3.05) is 6.61 Å². The molecule has 0 aliphatic heterocycles. The van der Waals surface area contributed by atoms with E-state index in [1.165, 1.54) is 18.2 Å². The summed E-state index contributed by atoms with van der Waals surface area (Å²) in [6, 6.07) is 4.10. The van der Waals surface area contributed by atoms with Gasteiger partial charge in [0.15, 0.2) is 0 Å². The highest BCUT2D eigenvalue weighted by Crippen LogP contribution is 2.23. The number of aryl methyl sites for hydroxylation is 1. The van der Waals surface area contributed by atoms with Crippen molar-refractivity contribution in [1.29, 1.82) is 0 Å². The van der Waals surface area contributed by atoms with Crippen LogP contribution in [0.3, 0.4) is 0 Å². The molecule has 84 valence electrons. The quantitative estimate of drug-likeness (QED) is 0.650. The molecule has 0 saturated heterocycles. The molecule has 0 fully saturated rings. The van der Waals surface area contributed by atoms with Crippen LogP contribution >= 0.6 is 0 Å². The average Bonchev–Trinajstić information content (AvgIpc) is 2.14. The highest BCUT2D eigenvalue weighted by molar-refractivity contribution is 7.85. The van der Waals surface area contributed by atoms with Crippen molar-refractivity contribution in [3.8, 4) is 0 Å². The van der Waals surface area contributed by atoms with Crippen molar-refractivity contribution >= 4 is 10.1 Å². The SMILES string of the molecule is Cc1ccc(S(=O)(=O)O)c(C(O)CO)c1. The van der Waals surface area contributed by atoms with Gasteiger partial charge in [-0.1, -0.05) is 17.7 Å². The second kappa shape index (κ2) is 4.28. The lowest BCUT2D eigenvalue weighted by Crippen LogP contribution is -2.10. The number of hydrogen-bond donors (Lipinski definition) is 3. The Morgan fingerprint density at radius 2 is 2.00 bits per heavy atom. The van der Waals surface area contributed by atoms with E-state index >= 15 is 0 Å². The van der Waals surface area contributed by atoms with E-state index in [4.69, 9.17) is 9.66 Å². The third kappa shape index (κ3) is 2.75. The Bertz CT molecular complexity index is 452. The molecule has 6 heteroatoms. The molecule has 0 radical (unpaired) electrons. The van der Waals surface area contributed by atoms with Crippen LogP contribution in [0.2, 0.25) is 0 Å². The first kappa shape index (κ1) is 12.1. The highest BCUT2D eigenvalue weighted by Gasteiger charge is 2.19. The monoisotopic (exact) mass is 232 g/mol. The van der Waals surface area contributed by atoms with Gasteiger partial charge >= 0.3 is 0 Å². The van der Waals surface area contributed by atoms with Gasteiger partial charge in [-0.25, -0.2) is 0 Å². The van der Waals surface area contributed by atoms with E-state index in [-0.39, 0.29) is 10.5 Å². The van der Waals surface area contributed by atoms with Crippen LogP contribution in [-0.4, -0.2) is 29.8 Å². The van der Waals surface area contributed by atoms with Crippen LogP contribution in [0.1, 0.15) is 17.2 Å². The van der Waals surface area contributed by atoms with E-state index in [2.05, 4.69) is 0 Å². The van der Waals surface area contributed by atoms with Crippen molar-refractivity contribution in [3.05, 3.63) is 29.3 Å². The fourth-order valence-corrected chi connectivity index (χ4v) is 1.99. The molecule has 0 saturated carbocycles. The number of aliphatic hydroxyl groups is 2. The second-order valence-corrected chi connectivity index (χ2v) is 4.60. The van der Waals surface area contributed by atoms with Crippen LogP contribution in [0.4, 0.5) is 0 Å². The van der Waals surface area contributed by atoms with E-state index in [1.807, 2.05) is 0 Å². The van der Waals surface area contributed by atoms with E-state index < -0.39 is 22.8 Å². The molecule has 0 aliphatic carbocycles. The maximum absolute atomic E-state index is 10.9. The molecule has 1 rings (SSSR count). The highest BCUT2D eigenvalue weighted by atomic mass is 32.2. The summed E-state index contributed by atoms with van der Waals surface area (Å²) in [5, 5.41) is 18.1. The van der Waals surface area contributed by atoms with Gasteiger partial charge in [0.25, 0.3) is 10.1 Å². The normalized spacial score (nSPS) is 13.9. The van der Waals surface area contributed by atoms with Crippen LogP contribution in [0.15, 0.2) is 23.1 Å². The Morgan fingerprint density at radius 1 is 1.40 bits per heavy atom. The molecule has 0 heterocycles. The molecule has 1 aromatic carbocycles. The molecule has 15 heavy (non-hydrogen) atoms.